The average molecular weight is 663 g/mol. The van der Waals surface area contributed by atoms with E-state index >= 15 is 0 Å². The van der Waals surface area contributed by atoms with E-state index in [9.17, 15) is 0 Å². The highest BCUT2D eigenvalue weighted by molar-refractivity contribution is 6.07. The van der Waals surface area contributed by atoms with E-state index in [1.54, 1.807) is 0 Å². The lowest BCUT2D eigenvalue weighted by atomic mass is 9.94. The van der Waals surface area contributed by atoms with Crippen molar-refractivity contribution in [2.24, 2.45) is 0 Å². The van der Waals surface area contributed by atoms with Crippen LogP contribution in [0.5, 0.6) is 0 Å². The van der Waals surface area contributed by atoms with Crippen LogP contribution in [0.1, 0.15) is 0 Å². The molecule has 0 spiro atoms. The van der Waals surface area contributed by atoms with E-state index in [0.717, 1.165) is 43.9 Å². The maximum atomic E-state index is 6.06. The summed E-state index contributed by atoms with van der Waals surface area (Å²) in [5, 5.41) is 9.50. The van der Waals surface area contributed by atoms with Gasteiger partial charge in [0.1, 0.15) is 22.3 Å². The van der Waals surface area contributed by atoms with Gasteiger partial charge in [0.2, 0.25) is 0 Å². The first-order valence-corrected chi connectivity index (χ1v) is 17.7. The fourth-order valence-corrected chi connectivity index (χ4v) is 7.90. The third kappa shape index (κ3) is 4.73. The summed E-state index contributed by atoms with van der Waals surface area (Å²) in [7, 11) is 0. The van der Waals surface area contributed by atoms with E-state index in [4.69, 9.17) is 8.83 Å². The Kier molecular flexibility index (Phi) is 6.28. The molecule has 2 heterocycles. The largest absolute Gasteiger partial charge is 0.456 e. The molecule has 0 fully saturated rings. The number of furan rings is 2. The van der Waals surface area contributed by atoms with Crippen LogP contribution in [-0.2, 0) is 0 Å². The van der Waals surface area contributed by atoms with Crippen LogP contribution in [0, 0.1) is 0 Å². The molecule has 0 atom stereocenters. The smallest absolute Gasteiger partial charge is 0.135 e. The molecule has 9 aromatic carbocycles. The zero-order valence-corrected chi connectivity index (χ0v) is 28.1. The Morgan fingerprint density at radius 3 is 0.962 bits per heavy atom. The van der Waals surface area contributed by atoms with Crippen molar-refractivity contribution in [1.29, 1.82) is 0 Å². The van der Waals surface area contributed by atoms with Crippen LogP contribution in [0.25, 0.3) is 110 Å². The Hall–Kier alpha value is -6.90. The number of fused-ring (bicyclic) bond motifs is 8. The lowest BCUT2D eigenvalue weighted by Crippen LogP contribution is -1.84. The first-order valence-electron chi connectivity index (χ1n) is 17.7. The maximum Gasteiger partial charge on any atom is 0.135 e. The van der Waals surface area contributed by atoms with Crippen molar-refractivity contribution in [3.8, 4) is 44.5 Å². The molecule has 2 aromatic heterocycles. The lowest BCUT2D eigenvalue weighted by molar-refractivity contribution is 0.668. The molecule has 0 saturated heterocycles. The molecule has 0 aliphatic rings. The minimum atomic E-state index is 0.921. The van der Waals surface area contributed by atoms with Gasteiger partial charge in [-0.05, 0) is 133 Å². The Balaban J connectivity index is 0.888. The number of hydrogen-bond acceptors (Lipinski definition) is 2. The van der Waals surface area contributed by atoms with Crippen LogP contribution in [0.4, 0.5) is 0 Å². The number of benzene rings is 9. The molecule has 0 aliphatic heterocycles. The second kappa shape index (κ2) is 11.3. The standard InChI is InChI=1S/C50H30O2/c1-3-10-47-43(8-1)45-29-41(20-22-49(45)51-47)39-18-16-35-25-33(12-14-37(35)27-39)31-6-5-7-32(24-31)34-13-15-38-28-40(19-17-36(38)26-34)42-21-23-50-46(30-42)44-9-2-4-11-48(44)52-50/h1-30H. The summed E-state index contributed by atoms with van der Waals surface area (Å²) in [6.07, 6.45) is 0. The Bertz CT molecular complexity index is 2980. The third-order valence-electron chi connectivity index (χ3n) is 10.6. The fraction of sp³-hybridized carbons (Fsp3) is 0. The van der Waals surface area contributed by atoms with Crippen LogP contribution in [0.15, 0.2) is 191 Å². The van der Waals surface area contributed by atoms with Crippen LogP contribution in [0.2, 0.25) is 0 Å². The van der Waals surface area contributed by atoms with Crippen LogP contribution in [-0.4, -0.2) is 0 Å². The third-order valence-corrected chi connectivity index (χ3v) is 10.6. The van der Waals surface area contributed by atoms with Gasteiger partial charge < -0.3 is 8.83 Å². The second-order valence-corrected chi connectivity index (χ2v) is 13.8. The second-order valence-electron chi connectivity index (χ2n) is 13.8. The quantitative estimate of drug-likeness (QED) is 0.187. The summed E-state index contributed by atoms with van der Waals surface area (Å²) in [5.41, 5.74) is 13.3. The van der Waals surface area contributed by atoms with Crippen LogP contribution >= 0.6 is 0 Å². The van der Waals surface area contributed by atoms with E-state index in [1.165, 1.54) is 66.1 Å². The fourth-order valence-electron chi connectivity index (χ4n) is 7.90. The minimum absolute atomic E-state index is 0.921. The highest BCUT2D eigenvalue weighted by Crippen LogP contribution is 2.37. The first-order chi connectivity index (χ1) is 25.7. The van der Waals surface area contributed by atoms with E-state index < -0.39 is 0 Å². The molecule has 0 bridgehead atoms. The van der Waals surface area contributed by atoms with E-state index in [1.807, 2.05) is 24.3 Å². The summed E-state index contributed by atoms with van der Waals surface area (Å²) in [5.74, 6) is 0. The van der Waals surface area contributed by atoms with Crippen molar-refractivity contribution in [3.63, 3.8) is 0 Å². The van der Waals surface area contributed by atoms with Gasteiger partial charge in [-0.1, -0.05) is 115 Å². The number of rotatable bonds is 4. The molecule has 0 aliphatic carbocycles. The van der Waals surface area contributed by atoms with Gasteiger partial charge in [-0.2, -0.15) is 0 Å². The molecule has 2 heteroatoms. The van der Waals surface area contributed by atoms with Gasteiger partial charge in [-0.25, -0.2) is 0 Å². The summed E-state index contributed by atoms with van der Waals surface area (Å²) in [4.78, 5) is 0. The molecular weight excluding hydrogens is 633 g/mol. The monoisotopic (exact) mass is 662 g/mol. The molecule has 0 unspecified atom stereocenters. The predicted molar refractivity (Wildman–Crippen MR) is 218 cm³/mol. The zero-order chi connectivity index (χ0) is 34.2. The first kappa shape index (κ1) is 28.9. The van der Waals surface area contributed by atoms with Crippen LogP contribution in [0.3, 0.4) is 0 Å². The summed E-state index contributed by atoms with van der Waals surface area (Å²) >= 11 is 0. The topological polar surface area (TPSA) is 26.3 Å². The Morgan fingerprint density at radius 1 is 0.212 bits per heavy atom. The number of hydrogen-bond donors (Lipinski definition) is 0. The average Bonchev–Trinajstić information content (AvgIpc) is 3.78. The molecule has 52 heavy (non-hydrogen) atoms. The predicted octanol–water partition coefficient (Wildman–Crippen LogP) is 14.5. The van der Waals surface area contributed by atoms with Gasteiger partial charge in [0, 0.05) is 21.5 Å². The highest BCUT2D eigenvalue weighted by atomic mass is 16.3. The van der Waals surface area contributed by atoms with Crippen molar-refractivity contribution in [1.82, 2.24) is 0 Å². The van der Waals surface area contributed by atoms with Gasteiger partial charge in [0.15, 0.2) is 0 Å². The van der Waals surface area contributed by atoms with Gasteiger partial charge in [-0.3, -0.25) is 0 Å². The van der Waals surface area contributed by atoms with Crippen molar-refractivity contribution in [3.05, 3.63) is 182 Å². The maximum absolute atomic E-state index is 6.06. The molecule has 242 valence electrons. The van der Waals surface area contributed by atoms with Gasteiger partial charge in [-0.15, -0.1) is 0 Å². The zero-order valence-electron chi connectivity index (χ0n) is 28.1. The minimum Gasteiger partial charge on any atom is -0.456 e. The molecule has 0 saturated carbocycles. The molecule has 0 N–H and O–H groups in total. The van der Waals surface area contributed by atoms with Crippen molar-refractivity contribution >= 4 is 65.4 Å². The van der Waals surface area contributed by atoms with E-state index in [-0.39, 0.29) is 0 Å². The van der Waals surface area contributed by atoms with Crippen molar-refractivity contribution in [2.75, 3.05) is 0 Å². The molecule has 0 amide bonds. The molecular formula is C50H30O2. The van der Waals surface area contributed by atoms with Gasteiger partial charge >= 0.3 is 0 Å². The SMILES string of the molecule is c1cc(-c2ccc3cc(-c4ccc5oc6ccccc6c5c4)ccc3c2)cc(-c2ccc3cc(-c4ccc5oc6ccccc6c5c4)ccc3c2)c1. The van der Waals surface area contributed by atoms with Crippen LogP contribution < -0.4 is 0 Å². The van der Waals surface area contributed by atoms with Crippen molar-refractivity contribution < 1.29 is 8.83 Å². The molecule has 11 aromatic rings. The van der Waals surface area contributed by atoms with E-state index in [0.29, 0.717) is 0 Å². The Labute approximate surface area is 299 Å². The lowest BCUT2D eigenvalue weighted by Gasteiger charge is -2.10. The number of para-hydroxylation sites is 2. The normalized spacial score (nSPS) is 11.8. The molecule has 11 rings (SSSR count). The Morgan fingerprint density at radius 2 is 0.538 bits per heavy atom. The van der Waals surface area contributed by atoms with Gasteiger partial charge in [0.25, 0.3) is 0 Å². The molecule has 0 radical (unpaired) electrons. The van der Waals surface area contributed by atoms with Gasteiger partial charge in [0.05, 0.1) is 0 Å². The van der Waals surface area contributed by atoms with E-state index in [2.05, 4.69) is 158 Å². The summed E-state index contributed by atoms with van der Waals surface area (Å²) in [6.45, 7) is 0. The van der Waals surface area contributed by atoms with Crippen molar-refractivity contribution in [2.45, 2.75) is 0 Å². The summed E-state index contributed by atoms with van der Waals surface area (Å²) in [6, 6.07) is 65.4. The summed E-state index contributed by atoms with van der Waals surface area (Å²) < 4.78 is 12.1. The highest BCUT2D eigenvalue weighted by Gasteiger charge is 2.11. The molecule has 2 nitrogen and oxygen atoms in total.